The van der Waals surface area contributed by atoms with E-state index < -0.39 is 0 Å². The molecule has 0 unspecified atom stereocenters. The Kier molecular flexibility index (Phi) is 5.98. The van der Waals surface area contributed by atoms with Crippen LogP contribution in [-0.2, 0) is 0 Å². The molecule has 12 heavy (non-hydrogen) atoms. The van der Waals surface area contributed by atoms with Gasteiger partial charge in [0.05, 0.1) is 0 Å². The Morgan fingerprint density at radius 2 is 1.75 bits per heavy atom. The van der Waals surface area contributed by atoms with E-state index in [1.54, 1.807) is 0 Å². The molecule has 0 aromatic rings. The van der Waals surface area contributed by atoms with Crippen LogP contribution in [0.15, 0.2) is 41.1 Å². The van der Waals surface area contributed by atoms with Gasteiger partial charge in [-0.2, -0.15) is 0 Å². The average molecular weight is 163 g/mol. The Morgan fingerprint density at radius 1 is 1.08 bits per heavy atom. The first-order valence-corrected chi connectivity index (χ1v) is 4.18. The van der Waals surface area contributed by atoms with E-state index in [1.165, 1.54) is 0 Å². The summed E-state index contributed by atoms with van der Waals surface area (Å²) in [6, 6.07) is 0. The van der Waals surface area contributed by atoms with Gasteiger partial charge in [-0.25, -0.2) is 0 Å². The van der Waals surface area contributed by atoms with E-state index in [0.717, 1.165) is 11.4 Å². The maximum Gasteiger partial charge on any atom is 0.0375 e. The molecular weight excluding hydrogens is 146 g/mol. The van der Waals surface area contributed by atoms with Gasteiger partial charge in [-0.3, -0.25) is 4.99 Å². The van der Waals surface area contributed by atoms with Crippen molar-refractivity contribution >= 4 is 5.71 Å². The lowest BCUT2D eigenvalue weighted by Gasteiger charge is -1.91. The van der Waals surface area contributed by atoms with Crippen LogP contribution in [0.4, 0.5) is 0 Å². The smallest absolute Gasteiger partial charge is 0.0375 e. The number of rotatable bonds is 3. The second-order valence-electron chi connectivity index (χ2n) is 2.57. The molecular formula is C11H17N. The van der Waals surface area contributed by atoms with E-state index in [4.69, 9.17) is 0 Å². The Labute approximate surface area is 75.2 Å². The molecule has 0 spiro atoms. The third-order valence-electron chi connectivity index (χ3n) is 1.41. The van der Waals surface area contributed by atoms with Gasteiger partial charge in [-0.1, -0.05) is 24.3 Å². The highest BCUT2D eigenvalue weighted by molar-refractivity contribution is 5.93. The van der Waals surface area contributed by atoms with Crippen molar-refractivity contribution in [3.63, 3.8) is 0 Å². The summed E-state index contributed by atoms with van der Waals surface area (Å²) in [6.45, 7) is 7.97. The zero-order valence-electron chi connectivity index (χ0n) is 8.33. The zero-order chi connectivity index (χ0) is 9.40. The number of hydrogen-bond donors (Lipinski definition) is 0. The zero-order valence-corrected chi connectivity index (χ0v) is 8.33. The van der Waals surface area contributed by atoms with Crippen LogP contribution in [0.3, 0.4) is 0 Å². The van der Waals surface area contributed by atoms with Gasteiger partial charge in [-0.15, -0.1) is 0 Å². The van der Waals surface area contributed by atoms with Gasteiger partial charge in [-0.05, 0) is 33.8 Å². The van der Waals surface area contributed by atoms with Gasteiger partial charge in [0.2, 0.25) is 0 Å². The Balaban J connectivity index is 4.20. The predicted molar refractivity (Wildman–Crippen MR) is 56.5 cm³/mol. The summed E-state index contributed by atoms with van der Waals surface area (Å²) in [5.41, 5.74) is 2.08. The summed E-state index contributed by atoms with van der Waals surface area (Å²) in [6.07, 6.45) is 9.96. The lowest BCUT2D eigenvalue weighted by molar-refractivity contribution is 1.28. The van der Waals surface area contributed by atoms with Crippen LogP contribution in [0.25, 0.3) is 0 Å². The first-order chi connectivity index (χ1) is 5.70. The van der Waals surface area contributed by atoms with E-state index in [0.29, 0.717) is 0 Å². The van der Waals surface area contributed by atoms with E-state index >= 15 is 0 Å². The number of nitrogens with zero attached hydrogens (tertiary/aromatic N) is 1. The van der Waals surface area contributed by atoms with Gasteiger partial charge in [0.25, 0.3) is 0 Å². The molecule has 1 nitrogen and oxygen atoms in total. The lowest BCUT2D eigenvalue weighted by Crippen LogP contribution is -1.83. The highest BCUT2D eigenvalue weighted by Crippen LogP contribution is 1.95. The summed E-state index contributed by atoms with van der Waals surface area (Å²) < 4.78 is 0. The van der Waals surface area contributed by atoms with E-state index in [9.17, 15) is 0 Å². The van der Waals surface area contributed by atoms with Gasteiger partial charge in [0.15, 0.2) is 0 Å². The molecule has 0 radical (unpaired) electrons. The van der Waals surface area contributed by atoms with Gasteiger partial charge >= 0.3 is 0 Å². The summed E-state index contributed by atoms with van der Waals surface area (Å²) >= 11 is 0. The normalized spacial score (nSPS) is 15.0. The van der Waals surface area contributed by atoms with Gasteiger partial charge < -0.3 is 0 Å². The van der Waals surface area contributed by atoms with Crippen LogP contribution in [0.5, 0.6) is 0 Å². The SMILES string of the molecule is C\C=C/C=C\C(C)=N\C(C)=C/C. The Hall–Kier alpha value is -1.11. The van der Waals surface area contributed by atoms with E-state index in [1.807, 2.05) is 58.1 Å². The van der Waals surface area contributed by atoms with E-state index in [-0.39, 0.29) is 0 Å². The van der Waals surface area contributed by atoms with Gasteiger partial charge in [0.1, 0.15) is 0 Å². The van der Waals surface area contributed by atoms with Crippen molar-refractivity contribution in [1.82, 2.24) is 0 Å². The molecule has 0 bridgehead atoms. The van der Waals surface area contributed by atoms with Crippen LogP contribution in [0, 0.1) is 0 Å². The molecule has 0 aliphatic carbocycles. The topological polar surface area (TPSA) is 12.4 Å². The average Bonchev–Trinajstić information content (AvgIpc) is 2.05. The van der Waals surface area contributed by atoms with Crippen LogP contribution >= 0.6 is 0 Å². The first kappa shape index (κ1) is 10.9. The van der Waals surface area contributed by atoms with Crippen LogP contribution in [0.2, 0.25) is 0 Å². The molecule has 0 N–H and O–H groups in total. The molecule has 0 aliphatic heterocycles. The molecule has 0 aromatic carbocycles. The van der Waals surface area contributed by atoms with Crippen molar-refractivity contribution in [2.24, 2.45) is 4.99 Å². The third-order valence-corrected chi connectivity index (χ3v) is 1.41. The van der Waals surface area contributed by atoms with Crippen LogP contribution < -0.4 is 0 Å². The highest BCUT2D eigenvalue weighted by Gasteiger charge is 1.82. The third kappa shape index (κ3) is 5.66. The largest absolute Gasteiger partial charge is 0.259 e. The van der Waals surface area contributed by atoms with Gasteiger partial charge in [0, 0.05) is 11.4 Å². The Bertz CT molecular complexity index is 229. The second kappa shape index (κ2) is 6.59. The van der Waals surface area contributed by atoms with Crippen molar-refractivity contribution in [2.45, 2.75) is 27.7 Å². The van der Waals surface area contributed by atoms with Crippen molar-refractivity contribution < 1.29 is 0 Å². The standard InChI is InChI=1S/C11H17N/c1-5-7-8-9-11(4)12-10(3)6-2/h5-9H,1-4H3/b7-5-,9-8-,10-6-,12-11+. The molecule has 0 saturated heterocycles. The van der Waals surface area contributed by atoms with E-state index in [2.05, 4.69) is 4.99 Å². The predicted octanol–water partition coefficient (Wildman–Crippen LogP) is 3.50. The summed E-state index contributed by atoms with van der Waals surface area (Å²) in [7, 11) is 0. The maximum absolute atomic E-state index is 4.32. The number of aliphatic imine (C=N–C) groups is 1. The molecule has 1 heteroatoms. The fourth-order valence-corrected chi connectivity index (χ4v) is 0.686. The first-order valence-electron chi connectivity index (χ1n) is 4.18. The van der Waals surface area contributed by atoms with Crippen molar-refractivity contribution in [3.05, 3.63) is 36.1 Å². The molecule has 0 rings (SSSR count). The van der Waals surface area contributed by atoms with Crippen molar-refractivity contribution in [3.8, 4) is 0 Å². The second-order valence-corrected chi connectivity index (χ2v) is 2.57. The summed E-state index contributed by atoms with van der Waals surface area (Å²) in [5.74, 6) is 0. The minimum absolute atomic E-state index is 1.03. The Morgan fingerprint density at radius 3 is 2.25 bits per heavy atom. The lowest BCUT2D eigenvalue weighted by atomic mass is 10.3. The number of allylic oxidation sites excluding steroid dienone is 6. The van der Waals surface area contributed by atoms with Crippen LogP contribution in [0.1, 0.15) is 27.7 Å². The molecule has 0 fully saturated rings. The fourth-order valence-electron chi connectivity index (χ4n) is 0.686. The van der Waals surface area contributed by atoms with Crippen molar-refractivity contribution in [2.75, 3.05) is 0 Å². The molecule has 66 valence electrons. The quantitative estimate of drug-likeness (QED) is 0.446. The molecule has 0 amide bonds. The molecule has 0 aliphatic rings. The maximum atomic E-state index is 4.32. The number of hydrogen-bond acceptors (Lipinski definition) is 1. The summed E-state index contributed by atoms with van der Waals surface area (Å²) in [4.78, 5) is 4.32. The molecule has 0 atom stereocenters. The highest BCUT2D eigenvalue weighted by atomic mass is 14.7. The molecule has 0 aromatic heterocycles. The van der Waals surface area contributed by atoms with Crippen molar-refractivity contribution in [1.29, 1.82) is 0 Å². The molecule has 0 heterocycles. The van der Waals surface area contributed by atoms with Crippen LogP contribution in [-0.4, -0.2) is 5.71 Å². The summed E-state index contributed by atoms with van der Waals surface area (Å²) in [5, 5.41) is 0. The minimum Gasteiger partial charge on any atom is -0.259 e. The monoisotopic (exact) mass is 163 g/mol. The fraction of sp³-hybridized carbons (Fsp3) is 0.364. The minimum atomic E-state index is 1.03. The molecule has 0 saturated carbocycles.